The average molecular weight is 294 g/mol. The molecule has 1 aromatic carbocycles. The molecule has 3 aliphatic heterocycles. The van der Waals surface area contributed by atoms with Crippen molar-refractivity contribution in [3.8, 4) is 0 Å². The fraction of sp³-hybridized carbons (Fsp3) is 0.526. The van der Waals surface area contributed by atoms with E-state index in [-0.39, 0.29) is 0 Å². The second-order valence-electron chi connectivity index (χ2n) is 7.24. The number of nitrogens with zero attached hydrogens (tertiary/aromatic N) is 2. The molecule has 0 N–H and O–H groups in total. The molecule has 1 fully saturated rings. The van der Waals surface area contributed by atoms with E-state index in [2.05, 4.69) is 40.7 Å². The van der Waals surface area contributed by atoms with Crippen molar-refractivity contribution in [3.05, 3.63) is 35.5 Å². The van der Waals surface area contributed by atoms with Gasteiger partial charge in [-0.25, -0.2) is 0 Å². The molecule has 0 aliphatic carbocycles. The minimum absolute atomic E-state index is 0.313. The Balaban J connectivity index is 1.83. The van der Waals surface area contributed by atoms with E-state index in [0.717, 1.165) is 32.4 Å². The first-order valence-electron chi connectivity index (χ1n) is 8.65. The lowest BCUT2D eigenvalue weighted by Crippen LogP contribution is -2.54. The molecule has 0 spiro atoms. The third kappa shape index (κ3) is 1.35. The first-order valence-corrected chi connectivity index (χ1v) is 8.65. The number of aryl methyl sites for hydroxylation is 1. The third-order valence-corrected chi connectivity index (χ3v) is 6.57. The number of benzene rings is 1. The molecule has 22 heavy (non-hydrogen) atoms. The Labute approximate surface area is 130 Å². The van der Waals surface area contributed by atoms with Crippen LogP contribution in [-0.2, 0) is 17.8 Å². The van der Waals surface area contributed by atoms with Gasteiger partial charge >= 0.3 is 0 Å². The lowest BCUT2D eigenvalue weighted by Gasteiger charge is -2.54. The van der Waals surface area contributed by atoms with Crippen LogP contribution in [0.15, 0.2) is 24.3 Å². The second kappa shape index (κ2) is 4.15. The summed E-state index contributed by atoms with van der Waals surface area (Å²) >= 11 is 0. The number of fused-ring (bicyclic) bond motifs is 3. The van der Waals surface area contributed by atoms with Crippen molar-refractivity contribution in [2.45, 2.75) is 51.6 Å². The fourth-order valence-electron chi connectivity index (χ4n) is 5.39. The first kappa shape index (κ1) is 12.7. The van der Waals surface area contributed by atoms with Crippen molar-refractivity contribution >= 4 is 16.8 Å². The van der Waals surface area contributed by atoms with E-state index in [4.69, 9.17) is 0 Å². The van der Waals surface area contributed by atoms with E-state index in [9.17, 15) is 4.79 Å². The molecular weight excluding hydrogens is 272 g/mol. The largest absolute Gasteiger partial charge is 0.342 e. The van der Waals surface area contributed by atoms with Gasteiger partial charge in [0, 0.05) is 36.1 Å². The van der Waals surface area contributed by atoms with Gasteiger partial charge in [0.1, 0.15) is 0 Å². The van der Waals surface area contributed by atoms with Gasteiger partial charge in [-0.15, -0.1) is 0 Å². The van der Waals surface area contributed by atoms with Crippen molar-refractivity contribution in [3.63, 3.8) is 0 Å². The first-order chi connectivity index (χ1) is 10.7. The Morgan fingerprint density at radius 1 is 1.18 bits per heavy atom. The van der Waals surface area contributed by atoms with E-state index in [1.54, 1.807) is 0 Å². The highest BCUT2D eigenvalue weighted by Gasteiger charge is 2.52. The zero-order valence-electron chi connectivity index (χ0n) is 13.1. The molecule has 1 aromatic heterocycles. The van der Waals surface area contributed by atoms with Crippen LogP contribution >= 0.6 is 0 Å². The Hall–Kier alpha value is -1.77. The average Bonchev–Trinajstić information content (AvgIpc) is 2.90. The normalized spacial score (nSPS) is 29.8. The number of amides is 1. The summed E-state index contributed by atoms with van der Waals surface area (Å²) in [4.78, 5) is 14.7. The van der Waals surface area contributed by atoms with E-state index in [1.807, 2.05) is 0 Å². The highest BCUT2D eigenvalue weighted by molar-refractivity contribution is 5.87. The van der Waals surface area contributed by atoms with Crippen molar-refractivity contribution in [2.24, 2.45) is 5.41 Å². The lowest BCUT2D eigenvalue weighted by atomic mass is 9.64. The standard InChI is InChI=1S/C19H22N2O/c1-2-19-9-7-16(22)21-11-8-14-13-5-3-4-6-15(13)20(12-10-19)17(14)18(19)21/h3-6,18H,2,7-12H2,1H3/t18-,19-/m0/s1. The van der Waals surface area contributed by atoms with Crippen LogP contribution in [0.25, 0.3) is 10.9 Å². The monoisotopic (exact) mass is 294 g/mol. The lowest BCUT2D eigenvalue weighted by molar-refractivity contribution is -0.147. The smallest absolute Gasteiger partial charge is 0.223 e. The molecule has 114 valence electrons. The molecule has 2 atom stereocenters. The van der Waals surface area contributed by atoms with Gasteiger partial charge in [0.15, 0.2) is 0 Å². The van der Waals surface area contributed by atoms with E-state index in [1.165, 1.54) is 35.0 Å². The van der Waals surface area contributed by atoms with Crippen LogP contribution in [0.4, 0.5) is 0 Å². The molecule has 0 radical (unpaired) electrons. The van der Waals surface area contributed by atoms with Gasteiger partial charge < -0.3 is 9.47 Å². The van der Waals surface area contributed by atoms with Gasteiger partial charge in [0.25, 0.3) is 0 Å². The van der Waals surface area contributed by atoms with Crippen LogP contribution in [0, 0.1) is 5.41 Å². The van der Waals surface area contributed by atoms with Crippen LogP contribution in [0.2, 0.25) is 0 Å². The highest BCUT2D eigenvalue weighted by atomic mass is 16.2. The van der Waals surface area contributed by atoms with Gasteiger partial charge in [-0.05, 0) is 42.7 Å². The van der Waals surface area contributed by atoms with Gasteiger partial charge in [-0.3, -0.25) is 4.79 Å². The Bertz CT molecular complexity index is 757. The number of hydrogen-bond acceptors (Lipinski definition) is 1. The minimum Gasteiger partial charge on any atom is -0.342 e. The number of hydrogen-bond donors (Lipinski definition) is 0. The van der Waals surface area contributed by atoms with Crippen LogP contribution < -0.4 is 0 Å². The maximum absolute atomic E-state index is 12.5. The zero-order chi connectivity index (χ0) is 14.9. The van der Waals surface area contributed by atoms with Gasteiger partial charge in [0.2, 0.25) is 5.91 Å². The molecule has 3 heteroatoms. The summed E-state index contributed by atoms with van der Waals surface area (Å²) < 4.78 is 2.52. The second-order valence-corrected chi connectivity index (χ2v) is 7.24. The topological polar surface area (TPSA) is 25.2 Å². The number of piperidine rings is 1. The number of carbonyl (C=O) groups is 1. The Kier molecular flexibility index (Phi) is 2.41. The SMILES string of the molecule is CC[C@]12CCC(=O)N3CCc4c(n(c5ccccc45)CC1)[C@H]32. The quantitative estimate of drug-likeness (QED) is 0.788. The molecule has 5 rings (SSSR count). The van der Waals surface area contributed by atoms with E-state index in [0.29, 0.717) is 17.4 Å². The van der Waals surface area contributed by atoms with Crippen LogP contribution in [0.1, 0.15) is 49.9 Å². The summed E-state index contributed by atoms with van der Waals surface area (Å²) in [7, 11) is 0. The van der Waals surface area contributed by atoms with Crippen LogP contribution in [0.3, 0.4) is 0 Å². The van der Waals surface area contributed by atoms with Crippen molar-refractivity contribution < 1.29 is 4.79 Å². The number of para-hydroxylation sites is 1. The predicted octanol–water partition coefficient (Wildman–Crippen LogP) is 3.66. The summed E-state index contributed by atoms with van der Waals surface area (Å²) in [5, 5.41) is 1.42. The van der Waals surface area contributed by atoms with Crippen molar-refractivity contribution in [1.29, 1.82) is 0 Å². The number of aromatic nitrogens is 1. The molecule has 1 amide bonds. The summed E-state index contributed by atoms with van der Waals surface area (Å²) in [5.41, 5.74) is 4.67. The summed E-state index contributed by atoms with van der Waals surface area (Å²) in [6.07, 6.45) is 5.24. The minimum atomic E-state index is 0.313. The van der Waals surface area contributed by atoms with Gasteiger partial charge in [-0.2, -0.15) is 0 Å². The van der Waals surface area contributed by atoms with E-state index < -0.39 is 0 Å². The molecule has 0 bridgehead atoms. The number of rotatable bonds is 1. The van der Waals surface area contributed by atoms with Crippen molar-refractivity contribution in [2.75, 3.05) is 6.54 Å². The molecular formula is C19H22N2O. The van der Waals surface area contributed by atoms with E-state index >= 15 is 0 Å². The van der Waals surface area contributed by atoms with Gasteiger partial charge in [0.05, 0.1) is 6.04 Å². The Morgan fingerprint density at radius 2 is 2.05 bits per heavy atom. The molecule has 0 unspecified atom stereocenters. The summed E-state index contributed by atoms with van der Waals surface area (Å²) in [6, 6.07) is 9.13. The highest BCUT2D eigenvalue weighted by Crippen LogP contribution is 2.57. The molecule has 1 saturated heterocycles. The maximum atomic E-state index is 12.5. The molecule has 3 aliphatic rings. The van der Waals surface area contributed by atoms with Crippen LogP contribution in [-0.4, -0.2) is 21.9 Å². The third-order valence-electron chi connectivity index (χ3n) is 6.57. The predicted molar refractivity (Wildman–Crippen MR) is 86.7 cm³/mol. The molecule has 2 aromatic rings. The van der Waals surface area contributed by atoms with Crippen molar-refractivity contribution in [1.82, 2.24) is 9.47 Å². The number of carbonyl (C=O) groups excluding carboxylic acids is 1. The fourth-order valence-corrected chi connectivity index (χ4v) is 5.39. The molecule has 4 heterocycles. The zero-order valence-corrected chi connectivity index (χ0v) is 13.1. The van der Waals surface area contributed by atoms with Gasteiger partial charge in [-0.1, -0.05) is 25.1 Å². The molecule has 0 saturated carbocycles. The maximum Gasteiger partial charge on any atom is 0.223 e. The summed E-state index contributed by atoms with van der Waals surface area (Å²) in [6.45, 7) is 4.34. The molecule has 3 nitrogen and oxygen atoms in total. The van der Waals surface area contributed by atoms with Crippen LogP contribution in [0.5, 0.6) is 0 Å². The summed E-state index contributed by atoms with van der Waals surface area (Å²) in [5.74, 6) is 0.374. The Morgan fingerprint density at radius 3 is 2.91 bits per heavy atom.